The van der Waals surface area contributed by atoms with E-state index >= 15 is 0 Å². The summed E-state index contributed by atoms with van der Waals surface area (Å²) in [5.74, 6) is 0. The first-order valence-electron chi connectivity index (χ1n) is 6.74. The Labute approximate surface area is 108 Å². The van der Waals surface area contributed by atoms with Crippen molar-refractivity contribution in [2.75, 3.05) is 6.61 Å². The highest BCUT2D eigenvalue weighted by atomic mass is 17.2. The zero-order chi connectivity index (χ0) is 12.6. The Kier molecular flexibility index (Phi) is 3.14. The third kappa shape index (κ3) is 1.96. The van der Waals surface area contributed by atoms with Crippen molar-refractivity contribution in [2.45, 2.75) is 45.5 Å². The molecule has 3 atom stereocenters. The van der Waals surface area contributed by atoms with E-state index in [1.165, 1.54) is 11.1 Å². The fraction of sp³-hybridized carbons (Fsp3) is 0.600. The molecule has 0 aromatic heterocycles. The van der Waals surface area contributed by atoms with E-state index in [2.05, 4.69) is 38.1 Å². The monoisotopic (exact) mass is 248 g/mol. The molecule has 98 valence electrons. The van der Waals surface area contributed by atoms with Gasteiger partial charge in [-0.25, -0.2) is 9.78 Å². The van der Waals surface area contributed by atoms with E-state index in [-0.39, 0.29) is 17.8 Å². The van der Waals surface area contributed by atoms with Gasteiger partial charge in [0.15, 0.2) is 6.29 Å². The normalized spacial score (nSPS) is 35.4. The summed E-state index contributed by atoms with van der Waals surface area (Å²) in [6.07, 6.45) is 2.87. The molecule has 1 aromatic rings. The molecule has 2 heterocycles. The molecule has 2 saturated heterocycles. The van der Waals surface area contributed by atoms with Gasteiger partial charge in [-0.15, -0.1) is 0 Å². The zero-order valence-corrected chi connectivity index (χ0v) is 11.0. The Balaban J connectivity index is 1.85. The molecule has 0 radical (unpaired) electrons. The third-order valence-corrected chi connectivity index (χ3v) is 4.21. The highest BCUT2D eigenvalue weighted by Crippen LogP contribution is 2.48. The van der Waals surface area contributed by atoms with Gasteiger partial charge in [-0.3, -0.25) is 0 Å². The number of fused-ring (bicyclic) bond motifs is 1. The van der Waals surface area contributed by atoms with Crippen LogP contribution in [0, 0.1) is 5.41 Å². The number of hydrogen-bond donors (Lipinski definition) is 0. The minimum Gasteiger partial charge on any atom is -0.349 e. The van der Waals surface area contributed by atoms with E-state index in [1.807, 2.05) is 0 Å². The standard InChI is InChI=1S/C15H20O3/c1-3-11-6-4-5-7-12(11)13-10-15(2)8-9-16-14(15)18-17-13/h4-7,13-14H,3,8-10H2,1-2H3/t13-,14-,15+/m1/s1. The fourth-order valence-electron chi connectivity index (χ4n) is 2.97. The lowest BCUT2D eigenvalue weighted by Gasteiger charge is -2.38. The number of aryl methyl sites for hydroxylation is 1. The SMILES string of the molecule is CCc1ccccc1[C@H]1C[C@]2(C)CCO[C@@H]2OO1. The first-order chi connectivity index (χ1) is 8.73. The molecule has 0 amide bonds. The number of hydrogen-bond acceptors (Lipinski definition) is 3. The lowest BCUT2D eigenvalue weighted by atomic mass is 9.79. The lowest BCUT2D eigenvalue weighted by Crippen LogP contribution is -2.38. The molecule has 3 heteroatoms. The van der Waals surface area contributed by atoms with Gasteiger partial charge in [-0.1, -0.05) is 38.1 Å². The fourth-order valence-corrected chi connectivity index (χ4v) is 2.97. The molecule has 0 bridgehead atoms. The van der Waals surface area contributed by atoms with Gasteiger partial charge in [-0.2, -0.15) is 0 Å². The summed E-state index contributed by atoms with van der Waals surface area (Å²) in [6.45, 7) is 5.17. The van der Waals surface area contributed by atoms with Crippen molar-refractivity contribution in [3.05, 3.63) is 35.4 Å². The second-order valence-electron chi connectivity index (χ2n) is 5.54. The summed E-state index contributed by atoms with van der Waals surface area (Å²) >= 11 is 0. The van der Waals surface area contributed by atoms with Crippen LogP contribution in [-0.2, 0) is 20.9 Å². The summed E-state index contributed by atoms with van der Waals surface area (Å²) in [5.41, 5.74) is 2.68. The maximum Gasteiger partial charge on any atom is 0.196 e. The topological polar surface area (TPSA) is 27.7 Å². The van der Waals surface area contributed by atoms with Crippen molar-refractivity contribution in [1.29, 1.82) is 0 Å². The highest BCUT2D eigenvalue weighted by Gasteiger charge is 2.47. The van der Waals surface area contributed by atoms with Crippen LogP contribution in [0.2, 0.25) is 0 Å². The van der Waals surface area contributed by atoms with E-state index in [4.69, 9.17) is 14.5 Å². The van der Waals surface area contributed by atoms with Crippen LogP contribution in [0.25, 0.3) is 0 Å². The van der Waals surface area contributed by atoms with Crippen LogP contribution in [0.5, 0.6) is 0 Å². The molecule has 0 aliphatic carbocycles. The molecule has 3 rings (SSSR count). The van der Waals surface area contributed by atoms with E-state index < -0.39 is 0 Å². The Morgan fingerprint density at radius 2 is 2.11 bits per heavy atom. The van der Waals surface area contributed by atoms with E-state index in [0.717, 1.165) is 25.9 Å². The smallest absolute Gasteiger partial charge is 0.196 e. The van der Waals surface area contributed by atoms with Crippen molar-refractivity contribution in [2.24, 2.45) is 5.41 Å². The maximum absolute atomic E-state index is 5.56. The summed E-state index contributed by atoms with van der Waals surface area (Å²) in [7, 11) is 0. The summed E-state index contributed by atoms with van der Waals surface area (Å²) in [5, 5.41) is 0. The van der Waals surface area contributed by atoms with Gasteiger partial charge in [0.05, 0.1) is 6.61 Å². The Morgan fingerprint density at radius 1 is 1.28 bits per heavy atom. The van der Waals surface area contributed by atoms with Crippen LogP contribution < -0.4 is 0 Å². The minimum absolute atomic E-state index is 0.0316. The van der Waals surface area contributed by atoms with Crippen LogP contribution >= 0.6 is 0 Å². The van der Waals surface area contributed by atoms with Crippen LogP contribution in [0.3, 0.4) is 0 Å². The number of ether oxygens (including phenoxy) is 1. The van der Waals surface area contributed by atoms with Crippen molar-refractivity contribution < 1.29 is 14.5 Å². The second kappa shape index (κ2) is 4.65. The van der Waals surface area contributed by atoms with E-state index in [0.29, 0.717) is 0 Å². The van der Waals surface area contributed by atoms with E-state index in [9.17, 15) is 0 Å². The van der Waals surface area contributed by atoms with Crippen LogP contribution in [-0.4, -0.2) is 12.9 Å². The molecule has 18 heavy (non-hydrogen) atoms. The van der Waals surface area contributed by atoms with Gasteiger partial charge < -0.3 is 4.74 Å². The highest BCUT2D eigenvalue weighted by molar-refractivity contribution is 5.29. The maximum atomic E-state index is 5.56. The van der Waals surface area contributed by atoms with Crippen LogP contribution in [0.15, 0.2) is 24.3 Å². The average molecular weight is 248 g/mol. The van der Waals surface area contributed by atoms with Gasteiger partial charge in [-0.05, 0) is 30.4 Å². The van der Waals surface area contributed by atoms with Crippen molar-refractivity contribution in [3.8, 4) is 0 Å². The predicted molar refractivity (Wildman–Crippen MR) is 67.8 cm³/mol. The van der Waals surface area contributed by atoms with Crippen LogP contribution in [0.4, 0.5) is 0 Å². The molecular formula is C15H20O3. The molecule has 0 spiro atoms. The second-order valence-corrected chi connectivity index (χ2v) is 5.54. The Bertz CT molecular complexity index is 432. The van der Waals surface area contributed by atoms with Gasteiger partial charge in [0, 0.05) is 5.41 Å². The first kappa shape index (κ1) is 12.2. The van der Waals surface area contributed by atoms with Crippen LogP contribution in [0.1, 0.15) is 43.9 Å². The Morgan fingerprint density at radius 3 is 2.94 bits per heavy atom. The van der Waals surface area contributed by atoms with Crippen molar-refractivity contribution in [3.63, 3.8) is 0 Å². The Hall–Kier alpha value is -0.900. The van der Waals surface area contributed by atoms with Gasteiger partial charge in [0.2, 0.25) is 0 Å². The molecule has 0 unspecified atom stereocenters. The molecule has 2 aliphatic rings. The summed E-state index contributed by atoms with van der Waals surface area (Å²) < 4.78 is 5.55. The van der Waals surface area contributed by atoms with Crippen molar-refractivity contribution in [1.82, 2.24) is 0 Å². The predicted octanol–water partition coefficient (Wildman–Crippen LogP) is 3.39. The number of rotatable bonds is 2. The summed E-state index contributed by atoms with van der Waals surface area (Å²) in [6, 6.07) is 8.46. The number of benzene rings is 1. The van der Waals surface area contributed by atoms with E-state index in [1.54, 1.807) is 0 Å². The lowest BCUT2D eigenvalue weighted by molar-refractivity contribution is -0.439. The van der Waals surface area contributed by atoms with Gasteiger partial charge in [0.25, 0.3) is 0 Å². The first-order valence-corrected chi connectivity index (χ1v) is 6.74. The third-order valence-electron chi connectivity index (χ3n) is 4.21. The molecule has 3 nitrogen and oxygen atoms in total. The molecule has 0 saturated carbocycles. The zero-order valence-electron chi connectivity index (χ0n) is 11.0. The minimum atomic E-state index is -0.192. The summed E-state index contributed by atoms with van der Waals surface area (Å²) in [4.78, 5) is 11.0. The molecule has 1 aromatic carbocycles. The largest absolute Gasteiger partial charge is 0.349 e. The molecular weight excluding hydrogens is 228 g/mol. The average Bonchev–Trinajstić information content (AvgIpc) is 2.79. The molecule has 0 N–H and O–H groups in total. The van der Waals surface area contributed by atoms with Gasteiger partial charge >= 0.3 is 0 Å². The molecule has 2 fully saturated rings. The van der Waals surface area contributed by atoms with Crippen molar-refractivity contribution >= 4 is 0 Å². The molecule has 2 aliphatic heterocycles. The quantitative estimate of drug-likeness (QED) is 0.751. The van der Waals surface area contributed by atoms with Gasteiger partial charge in [0.1, 0.15) is 6.10 Å².